The Morgan fingerprint density at radius 2 is 1.83 bits per heavy atom. The lowest BCUT2D eigenvalue weighted by atomic mass is 9.97. The predicted molar refractivity (Wildman–Crippen MR) is 119 cm³/mol. The Morgan fingerprint density at radius 1 is 1.03 bits per heavy atom. The molecule has 29 heavy (non-hydrogen) atoms. The molecule has 2 aromatic heterocycles. The number of anilines is 1. The van der Waals surface area contributed by atoms with Crippen molar-refractivity contribution in [2.75, 3.05) is 24.5 Å². The Bertz CT molecular complexity index is 1210. The van der Waals surface area contributed by atoms with Gasteiger partial charge in [-0.25, -0.2) is 4.98 Å². The van der Waals surface area contributed by atoms with Crippen LogP contribution in [-0.4, -0.2) is 39.9 Å². The molecule has 0 radical (unpaired) electrons. The SMILES string of the molecule is CC1=NCC(C)=C1c1cccc(-c2nn3c(=O)cc(N4CCCCC4)nc3s2)c1. The molecule has 0 aliphatic carbocycles. The summed E-state index contributed by atoms with van der Waals surface area (Å²) in [7, 11) is 0. The fourth-order valence-electron chi connectivity index (χ4n) is 4.17. The van der Waals surface area contributed by atoms with E-state index in [2.05, 4.69) is 41.0 Å². The van der Waals surface area contributed by atoms with Crippen LogP contribution in [0.4, 0.5) is 5.82 Å². The number of nitrogens with zero attached hydrogens (tertiary/aromatic N) is 5. The number of allylic oxidation sites excluding steroid dienone is 1. The highest BCUT2D eigenvalue weighted by Crippen LogP contribution is 2.31. The molecule has 1 aromatic carbocycles. The van der Waals surface area contributed by atoms with Crippen LogP contribution in [0.5, 0.6) is 0 Å². The molecule has 1 fully saturated rings. The van der Waals surface area contributed by atoms with Crippen LogP contribution >= 0.6 is 11.3 Å². The standard InChI is InChI=1S/C22H23N5OS/c1-14-13-23-15(2)20(14)16-7-6-8-17(11-16)21-25-27-19(28)12-18(24-22(27)29-21)26-9-4-3-5-10-26/h6-8,11-12H,3-5,9-10,13H2,1-2H3. The molecule has 7 heteroatoms. The van der Waals surface area contributed by atoms with Crippen molar-refractivity contribution in [3.05, 3.63) is 51.8 Å². The summed E-state index contributed by atoms with van der Waals surface area (Å²) in [5.74, 6) is 0.775. The topological polar surface area (TPSA) is 62.9 Å². The van der Waals surface area contributed by atoms with Crippen molar-refractivity contribution >= 4 is 33.4 Å². The fraction of sp³-hybridized carbons (Fsp3) is 0.364. The maximum atomic E-state index is 12.7. The molecule has 2 aliphatic heterocycles. The lowest BCUT2D eigenvalue weighted by Gasteiger charge is -2.27. The van der Waals surface area contributed by atoms with E-state index < -0.39 is 0 Å². The van der Waals surface area contributed by atoms with Crippen molar-refractivity contribution < 1.29 is 0 Å². The van der Waals surface area contributed by atoms with Gasteiger partial charge in [0.1, 0.15) is 10.8 Å². The molecule has 2 aliphatic rings. The van der Waals surface area contributed by atoms with Crippen LogP contribution in [0.15, 0.2) is 45.7 Å². The van der Waals surface area contributed by atoms with Crippen molar-refractivity contribution in [3.63, 3.8) is 0 Å². The number of aromatic nitrogens is 3. The average Bonchev–Trinajstić information content (AvgIpc) is 3.32. The summed E-state index contributed by atoms with van der Waals surface area (Å²) < 4.78 is 1.42. The molecule has 4 heterocycles. The first-order chi connectivity index (χ1) is 14.1. The highest BCUT2D eigenvalue weighted by molar-refractivity contribution is 7.19. The molecule has 6 nitrogen and oxygen atoms in total. The van der Waals surface area contributed by atoms with E-state index in [1.54, 1.807) is 6.07 Å². The van der Waals surface area contributed by atoms with E-state index in [1.165, 1.54) is 33.4 Å². The van der Waals surface area contributed by atoms with Gasteiger partial charge in [-0.05, 0) is 50.3 Å². The van der Waals surface area contributed by atoms with Gasteiger partial charge in [0.25, 0.3) is 5.56 Å². The van der Waals surface area contributed by atoms with Gasteiger partial charge in [-0.2, -0.15) is 9.61 Å². The third-order valence-electron chi connectivity index (χ3n) is 5.65. The lowest BCUT2D eigenvalue weighted by Crippen LogP contribution is -2.31. The quantitative estimate of drug-likeness (QED) is 0.659. The van der Waals surface area contributed by atoms with Gasteiger partial charge in [-0.15, -0.1) is 0 Å². The molecule has 0 unspecified atom stereocenters. The van der Waals surface area contributed by atoms with Crippen LogP contribution in [0.25, 0.3) is 21.1 Å². The largest absolute Gasteiger partial charge is 0.356 e. The minimum Gasteiger partial charge on any atom is -0.356 e. The molecule has 0 bridgehead atoms. The maximum Gasteiger partial charge on any atom is 0.277 e. The highest BCUT2D eigenvalue weighted by Gasteiger charge is 2.18. The summed E-state index contributed by atoms with van der Waals surface area (Å²) in [5, 5.41) is 5.37. The smallest absolute Gasteiger partial charge is 0.277 e. The van der Waals surface area contributed by atoms with E-state index in [1.807, 2.05) is 12.1 Å². The first kappa shape index (κ1) is 18.2. The first-order valence-corrected chi connectivity index (χ1v) is 10.9. The van der Waals surface area contributed by atoms with Gasteiger partial charge in [-0.3, -0.25) is 9.79 Å². The number of hydrogen-bond acceptors (Lipinski definition) is 6. The van der Waals surface area contributed by atoms with Gasteiger partial charge in [-0.1, -0.05) is 29.5 Å². The van der Waals surface area contributed by atoms with E-state index in [0.717, 1.165) is 60.1 Å². The molecule has 5 rings (SSSR count). The van der Waals surface area contributed by atoms with Gasteiger partial charge >= 0.3 is 0 Å². The Kier molecular flexibility index (Phi) is 4.54. The monoisotopic (exact) mass is 405 g/mol. The summed E-state index contributed by atoms with van der Waals surface area (Å²) in [6.07, 6.45) is 3.55. The predicted octanol–water partition coefficient (Wildman–Crippen LogP) is 4.06. The molecular weight excluding hydrogens is 382 g/mol. The van der Waals surface area contributed by atoms with Gasteiger partial charge in [0.15, 0.2) is 0 Å². The molecule has 0 spiro atoms. The number of hydrogen-bond donors (Lipinski definition) is 0. The Morgan fingerprint density at radius 3 is 2.59 bits per heavy atom. The second kappa shape index (κ2) is 7.22. The molecular formula is C22H23N5OS. The van der Waals surface area contributed by atoms with Gasteiger partial charge in [0.2, 0.25) is 4.96 Å². The summed E-state index contributed by atoms with van der Waals surface area (Å²) in [6.45, 7) is 6.88. The average molecular weight is 406 g/mol. The molecule has 148 valence electrons. The zero-order chi connectivity index (χ0) is 20.0. The third kappa shape index (κ3) is 3.29. The number of fused-ring (bicyclic) bond motifs is 1. The number of rotatable bonds is 3. The fourth-order valence-corrected chi connectivity index (χ4v) is 5.06. The molecule has 0 amide bonds. The van der Waals surface area contributed by atoms with E-state index in [9.17, 15) is 4.79 Å². The Hall–Kier alpha value is -2.80. The molecule has 0 atom stereocenters. The summed E-state index contributed by atoms with van der Waals surface area (Å²) in [4.78, 5) is 24.8. The lowest BCUT2D eigenvalue weighted by molar-refractivity contribution is 0.573. The second-order valence-corrected chi connectivity index (χ2v) is 8.70. The number of aliphatic imine (C=N–C) groups is 1. The maximum absolute atomic E-state index is 12.7. The highest BCUT2D eigenvalue weighted by atomic mass is 32.1. The number of benzene rings is 1. The van der Waals surface area contributed by atoms with Crippen molar-refractivity contribution in [1.82, 2.24) is 14.6 Å². The second-order valence-electron chi connectivity index (χ2n) is 7.74. The van der Waals surface area contributed by atoms with Crippen LogP contribution in [0, 0.1) is 0 Å². The minimum atomic E-state index is -0.119. The van der Waals surface area contributed by atoms with Crippen molar-refractivity contribution in [2.24, 2.45) is 4.99 Å². The van der Waals surface area contributed by atoms with Crippen LogP contribution in [0.2, 0.25) is 0 Å². The van der Waals surface area contributed by atoms with Crippen LogP contribution in [0.1, 0.15) is 38.7 Å². The van der Waals surface area contributed by atoms with Crippen LogP contribution < -0.4 is 10.5 Å². The molecule has 0 N–H and O–H groups in total. The first-order valence-electron chi connectivity index (χ1n) is 10.1. The zero-order valence-corrected chi connectivity index (χ0v) is 17.5. The minimum absolute atomic E-state index is 0.119. The van der Waals surface area contributed by atoms with E-state index in [0.29, 0.717) is 4.96 Å². The van der Waals surface area contributed by atoms with E-state index >= 15 is 0 Å². The van der Waals surface area contributed by atoms with Crippen molar-refractivity contribution in [1.29, 1.82) is 0 Å². The van der Waals surface area contributed by atoms with Crippen LogP contribution in [-0.2, 0) is 0 Å². The van der Waals surface area contributed by atoms with Crippen molar-refractivity contribution in [2.45, 2.75) is 33.1 Å². The van der Waals surface area contributed by atoms with Crippen LogP contribution in [0.3, 0.4) is 0 Å². The summed E-state index contributed by atoms with van der Waals surface area (Å²) in [6, 6.07) is 9.94. The zero-order valence-electron chi connectivity index (χ0n) is 16.7. The van der Waals surface area contributed by atoms with Gasteiger partial charge < -0.3 is 4.90 Å². The summed E-state index contributed by atoms with van der Waals surface area (Å²) in [5.41, 5.74) is 5.60. The molecule has 0 saturated carbocycles. The van der Waals surface area contributed by atoms with Gasteiger partial charge in [0, 0.05) is 36.0 Å². The summed E-state index contributed by atoms with van der Waals surface area (Å²) >= 11 is 1.46. The van der Waals surface area contributed by atoms with E-state index in [4.69, 9.17) is 4.98 Å². The normalized spacial score (nSPS) is 17.3. The molecule has 1 saturated heterocycles. The number of piperidine rings is 1. The third-order valence-corrected chi connectivity index (χ3v) is 6.61. The van der Waals surface area contributed by atoms with Crippen molar-refractivity contribution in [3.8, 4) is 10.6 Å². The molecule has 3 aromatic rings. The van der Waals surface area contributed by atoms with Gasteiger partial charge in [0.05, 0.1) is 6.54 Å². The Labute approximate surface area is 173 Å². The Balaban J connectivity index is 1.55. The van der Waals surface area contributed by atoms with E-state index in [-0.39, 0.29) is 5.56 Å².